The van der Waals surface area contributed by atoms with Crippen molar-refractivity contribution in [1.29, 1.82) is 0 Å². The molecule has 0 saturated carbocycles. The first-order valence-corrected chi connectivity index (χ1v) is 7.99. The predicted octanol–water partition coefficient (Wildman–Crippen LogP) is 2.66. The van der Waals surface area contributed by atoms with E-state index in [9.17, 15) is 9.59 Å². The molecule has 2 aromatic carbocycles. The molecule has 3 rings (SSSR count). The van der Waals surface area contributed by atoms with Crippen molar-refractivity contribution < 1.29 is 14.3 Å². The summed E-state index contributed by atoms with van der Waals surface area (Å²) in [5.41, 5.74) is 7.32. The molecule has 0 radical (unpaired) electrons. The highest BCUT2D eigenvalue weighted by atomic mass is 35.5. The Bertz CT molecular complexity index is 774. The maximum Gasteiger partial charge on any atom is 0.269 e. The molecule has 1 heterocycles. The van der Waals surface area contributed by atoms with E-state index in [1.54, 1.807) is 30.3 Å². The van der Waals surface area contributed by atoms with Gasteiger partial charge in [0.25, 0.3) is 5.91 Å². The van der Waals surface area contributed by atoms with Gasteiger partial charge in [-0.05, 0) is 49.2 Å². The Kier molecular flexibility index (Phi) is 4.71. The number of amides is 2. The van der Waals surface area contributed by atoms with Gasteiger partial charge in [0.1, 0.15) is 12.4 Å². The number of ether oxygens (including phenoxy) is 1. The van der Waals surface area contributed by atoms with E-state index in [-0.39, 0.29) is 24.3 Å². The summed E-state index contributed by atoms with van der Waals surface area (Å²) in [6, 6.07) is 12.4. The van der Waals surface area contributed by atoms with Gasteiger partial charge in [0.15, 0.2) is 0 Å². The van der Waals surface area contributed by atoms with Crippen LogP contribution < -0.4 is 15.6 Å². The Labute approximate surface area is 144 Å². The van der Waals surface area contributed by atoms with Gasteiger partial charge in [0.2, 0.25) is 5.91 Å². The van der Waals surface area contributed by atoms with E-state index in [1.165, 1.54) is 0 Å². The molecule has 0 saturated heterocycles. The molecule has 5 nitrogen and oxygen atoms in total. The number of hydrazine groups is 1. The van der Waals surface area contributed by atoms with Gasteiger partial charge < -0.3 is 4.74 Å². The smallest absolute Gasteiger partial charge is 0.269 e. The highest BCUT2D eigenvalue weighted by molar-refractivity contribution is 6.30. The van der Waals surface area contributed by atoms with Crippen LogP contribution in [0, 0.1) is 12.8 Å². The molecule has 124 valence electrons. The van der Waals surface area contributed by atoms with E-state index in [0.717, 1.165) is 16.9 Å². The fourth-order valence-corrected chi connectivity index (χ4v) is 2.72. The highest BCUT2D eigenvalue weighted by Crippen LogP contribution is 2.29. The van der Waals surface area contributed by atoms with Crippen molar-refractivity contribution in [1.82, 2.24) is 10.9 Å². The quantitative estimate of drug-likeness (QED) is 0.823. The van der Waals surface area contributed by atoms with Crippen molar-refractivity contribution in [2.75, 3.05) is 6.61 Å². The maximum absolute atomic E-state index is 12.2. The summed E-state index contributed by atoms with van der Waals surface area (Å²) < 4.78 is 5.58. The van der Waals surface area contributed by atoms with E-state index in [4.69, 9.17) is 16.3 Å². The highest BCUT2D eigenvalue weighted by Gasteiger charge is 2.26. The fraction of sp³-hybridized carbons (Fsp3) is 0.222. The number of aryl methyl sites for hydroxylation is 1. The monoisotopic (exact) mass is 344 g/mol. The second-order valence-corrected chi connectivity index (χ2v) is 6.21. The Hall–Kier alpha value is -2.53. The molecule has 1 aliphatic rings. The van der Waals surface area contributed by atoms with Crippen LogP contribution in [0.1, 0.15) is 21.5 Å². The largest absolute Gasteiger partial charge is 0.492 e. The van der Waals surface area contributed by atoms with Crippen molar-refractivity contribution in [3.05, 3.63) is 64.2 Å². The van der Waals surface area contributed by atoms with Crippen LogP contribution in [0.15, 0.2) is 42.5 Å². The molecule has 2 aromatic rings. The molecule has 6 heteroatoms. The Morgan fingerprint density at radius 2 is 1.88 bits per heavy atom. The summed E-state index contributed by atoms with van der Waals surface area (Å²) in [7, 11) is 0. The number of carbonyl (C=O) groups excluding carboxylic acids is 2. The standard InChI is InChI=1S/C18H17ClN2O3/c1-11-2-4-12(5-3-11)17(22)20-21-18(23)14-8-13-9-15(19)6-7-16(13)24-10-14/h2-7,9,14H,8,10H2,1H3,(H,20,22)(H,21,23)/t14-/m0/s1. The second kappa shape index (κ2) is 6.93. The Morgan fingerprint density at radius 1 is 1.12 bits per heavy atom. The SMILES string of the molecule is Cc1ccc(C(=O)NNC(=O)[C@@H]2COc3ccc(Cl)cc3C2)cc1. The molecule has 2 N–H and O–H groups in total. The normalized spacial score (nSPS) is 15.8. The van der Waals surface area contributed by atoms with E-state index in [0.29, 0.717) is 17.0 Å². The van der Waals surface area contributed by atoms with Crippen LogP contribution in [-0.4, -0.2) is 18.4 Å². The summed E-state index contributed by atoms with van der Waals surface area (Å²) in [6.07, 6.45) is 0.516. The number of halogens is 1. The Morgan fingerprint density at radius 3 is 2.62 bits per heavy atom. The molecule has 0 unspecified atom stereocenters. The zero-order chi connectivity index (χ0) is 17.1. The van der Waals surface area contributed by atoms with Gasteiger partial charge in [-0.2, -0.15) is 0 Å². The predicted molar refractivity (Wildman–Crippen MR) is 90.9 cm³/mol. The van der Waals surface area contributed by atoms with Gasteiger partial charge >= 0.3 is 0 Å². The van der Waals surface area contributed by atoms with Crippen LogP contribution >= 0.6 is 11.6 Å². The van der Waals surface area contributed by atoms with Crippen LogP contribution in [0.5, 0.6) is 5.75 Å². The summed E-state index contributed by atoms with van der Waals surface area (Å²) in [6.45, 7) is 2.21. The van der Waals surface area contributed by atoms with Crippen LogP contribution in [0.4, 0.5) is 0 Å². The van der Waals surface area contributed by atoms with Gasteiger partial charge in [0.05, 0.1) is 5.92 Å². The van der Waals surface area contributed by atoms with Crippen LogP contribution in [0.25, 0.3) is 0 Å². The minimum Gasteiger partial charge on any atom is -0.492 e. The maximum atomic E-state index is 12.2. The van der Waals surface area contributed by atoms with E-state index in [1.807, 2.05) is 19.1 Å². The van der Waals surface area contributed by atoms with E-state index in [2.05, 4.69) is 10.9 Å². The first-order valence-electron chi connectivity index (χ1n) is 7.61. The number of fused-ring (bicyclic) bond motifs is 1. The number of benzene rings is 2. The van der Waals surface area contributed by atoms with Gasteiger partial charge in [-0.15, -0.1) is 0 Å². The molecular formula is C18H17ClN2O3. The summed E-state index contributed by atoms with van der Waals surface area (Å²) in [5.74, 6) is -0.286. The molecule has 2 amide bonds. The fourth-order valence-electron chi connectivity index (χ4n) is 2.53. The zero-order valence-corrected chi connectivity index (χ0v) is 13.9. The van der Waals surface area contributed by atoms with Crippen molar-refractivity contribution in [2.45, 2.75) is 13.3 Å². The third kappa shape index (κ3) is 3.68. The van der Waals surface area contributed by atoms with Crippen molar-refractivity contribution >= 4 is 23.4 Å². The number of carbonyl (C=O) groups is 2. The number of hydrogen-bond donors (Lipinski definition) is 2. The van der Waals surface area contributed by atoms with Crippen molar-refractivity contribution in [3.8, 4) is 5.75 Å². The third-order valence-corrected chi connectivity index (χ3v) is 4.15. The number of nitrogens with one attached hydrogen (secondary N) is 2. The molecule has 0 aromatic heterocycles. The molecule has 0 fully saturated rings. The molecule has 0 aliphatic carbocycles. The molecular weight excluding hydrogens is 328 g/mol. The van der Waals surface area contributed by atoms with Gasteiger partial charge in [0, 0.05) is 10.6 Å². The topological polar surface area (TPSA) is 67.4 Å². The zero-order valence-electron chi connectivity index (χ0n) is 13.1. The minimum absolute atomic E-state index is 0.265. The van der Waals surface area contributed by atoms with Gasteiger partial charge in [-0.1, -0.05) is 29.3 Å². The van der Waals surface area contributed by atoms with Gasteiger partial charge in [-0.3, -0.25) is 20.4 Å². The third-order valence-electron chi connectivity index (χ3n) is 3.91. The molecule has 0 spiro atoms. The van der Waals surface area contributed by atoms with Crippen LogP contribution in [0.3, 0.4) is 0 Å². The lowest BCUT2D eigenvalue weighted by Crippen LogP contribution is -2.47. The number of rotatable bonds is 2. The number of hydrogen-bond acceptors (Lipinski definition) is 3. The Balaban J connectivity index is 1.58. The molecule has 24 heavy (non-hydrogen) atoms. The van der Waals surface area contributed by atoms with E-state index < -0.39 is 0 Å². The molecule has 0 bridgehead atoms. The first-order chi connectivity index (χ1) is 11.5. The summed E-state index contributed by atoms with van der Waals surface area (Å²) in [5, 5.41) is 0.603. The minimum atomic E-state index is -0.380. The first kappa shape index (κ1) is 16.3. The van der Waals surface area contributed by atoms with Crippen molar-refractivity contribution in [2.24, 2.45) is 5.92 Å². The van der Waals surface area contributed by atoms with E-state index >= 15 is 0 Å². The lowest BCUT2D eigenvalue weighted by atomic mass is 9.96. The lowest BCUT2D eigenvalue weighted by molar-refractivity contribution is -0.127. The van der Waals surface area contributed by atoms with Crippen LogP contribution in [-0.2, 0) is 11.2 Å². The van der Waals surface area contributed by atoms with Crippen molar-refractivity contribution in [3.63, 3.8) is 0 Å². The average Bonchev–Trinajstić information content (AvgIpc) is 2.59. The second-order valence-electron chi connectivity index (χ2n) is 5.77. The summed E-state index contributed by atoms with van der Waals surface area (Å²) in [4.78, 5) is 24.3. The summed E-state index contributed by atoms with van der Waals surface area (Å²) >= 11 is 5.97. The van der Waals surface area contributed by atoms with Crippen LogP contribution in [0.2, 0.25) is 5.02 Å². The average molecular weight is 345 g/mol. The lowest BCUT2D eigenvalue weighted by Gasteiger charge is -2.24. The van der Waals surface area contributed by atoms with Gasteiger partial charge in [-0.25, -0.2) is 0 Å². The molecule has 1 atom stereocenters. The molecule has 1 aliphatic heterocycles.